The smallest absolute Gasteiger partial charge is 0.227 e. The lowest BCUT2D eigenvalue weighted by molar-refractivity contribution is -0.120. The molecule has 1 aliphatic rings. The number of nitrogens with one attached hydrogen (secondary N) is 1. The number of hydrogen-bond donors (Lipinski definition) is 1. The van der Waals surface area contributed by atoms with Crippen LogP contribution in [0.25, 0.3) is 5.82 Å². The van der Waals surface area contributed by atoms with Gasteiger partial charge in [-0.3, -0.25) is 9.36 Å². The van der Waals surface area contributed by atoms with Crippen LogP contribution in [0.15, 0.2) is 55.4 Å². The summed E-state index contributed by atoms with van der Waals surface area (Å²) in [6, 6.07) is 7.86. The first-order valence-corrected chi connectivity index (χ1v) is 8.81. The Kier molecular flexibility index (Phi) is 4.78. The first-order valence-electron chi connectivity index (χ1n) is 8.81. The summed E-state index contributed by atoms with van der Waals surface area (Å²) < 4.78 is 15.1. The van der Waals surface area contributed by atoms with Crippen LogP contribution >= 0.6 is 0 Å². The fraction of sp³-hybridized carbons (Fsp3) is 0.263. The van der Waals surface area contributed by atoms with Gasteiger partial charge in [-0.2, -0.15) is 0 Å². The molecular weight excluding hydrogens is 347 g/mol. The molecule has 0 atom stereocenters. The zero-order chi connectivity index (χ0) is 18.6. The molecule has 4 rings (SSSR count). The summed E-state index contributed by atoms with van der Waals surface area (Å²) in [5.41, 5.74) is 0.489. The SMILES string of the molecule is O=C(Nc1cccc(F)c1)C1CCN(c2cc(-n3ccnc3)ncn2)CC1. The number of carbonyl (C=O) groups excluding carboxylic acids is 1. The monoisotopic (exact) mass is 366 g/mol. The van der Waals surface area contributed by atoms with Crippen molar-refractivity contribution in [1.29, 1.82) is 0 Å². The highest BCUT2D eigenvalue weighted by Crippen LogP contribution is 2.24. The van der Waals surface area contributed by atoms with E-state index in [9.17, 15) is 9.18 Å². The number of carbonyl (C=O) groups is 1. The number of aromatic nitrogens is 4. The van der Waals surface area contributed by atoms with E-state index in [1.165, 1.54) is 18.5 Å². The molecule has 1 saturated heterocycles. The van der Waals surface area contributed by atoms with E-state index in [4.69, 9.17) is 0 Å². The molecule has 138 valence electrons. The van der Waals surface area contributed by atoms with Gasteiger partial charge in [-0.15, -0.1) is 0 Å². The Labute approximate surface area is 155 Å². The maximum atomic E-state index is 13.3. The number of hydrogen-bond acceptors (Lipinski definition) is 5. The number of halogens is 1. The van der Waals surface area contributed by atoms with Gasteiger partial charge < -0.3 is 10.2 Å². The van der Waals surface area contributed by atoms with Gasteiger partial charge in [0, 0.05) is 43.2 Å². The molecule has 1 aromatic carbocycles. The number of piperidine rings is 1. The minimum Gasteiger partial charge on any atom is -0.356 e. The summed E-state index contributed by atoms with van der Waals surface area (Å²) in [7, 11) is 0. The lowest BCUT2D eigenvalue weighted by atomic mass is 9.96. The van der Waals surface area contributed by atoms with Crippen molar-refractivity contribution in [3.05, 3.63) is 61.2 Å². The van der Waals surface area contributed by atoms with Gasteiger partial charge >= 0.3 is 0 Å². The van der Waals surface area contributed by atoms with Crippen molar-refractivity contribution in [2.45, 2.75) is 12.8 Å². The van der Waals surface area contributed by atoms with Crippen LogP contribution < -0.4 is 10.2 Å². The predicted octanol–water partition coefficient (Wildman–Crippen LogP) is 2.66. The van der Waals surface area contributed by atoms with Crippen LogP contribution in [0.3, 0.4) is 0 Å². The van der Waals surface area contributed by atoms with Crippen molar-refractivity contribution in [1.82, 2.24) is 19.5 Å². The first-order chi connectivity index (χ1) is 13.2. The zero-order valence-electron chi connectivity index (χ0n) is 14.6. The second-order valence-corrected chi connectivity index (χ2v) is 6.47. The second kappa shape index (κ2) is 7.53. The highest BCUT2D eigenvalue weighted by atomic mass is 19.1. The third-order valence-electron chi connectivity index (χ3n) is 4.69. The van der Waals surface area contributed by atoms with E-state index in [1.54, 1.807) is 24.7 Å². The number of nitrogens with zero attached hydrogens (tertiary/aromatic N) is 5. The maximum absolute atomic E-state index is 13.3. The van der Waals surface area contributed by atoms with E-state index in [0.29, 0.717) is 18.5 Å². The molecule has 0 aliphatic carbocycles. The Bertz CT molecular complexity index is 921. The van der Waals surface area contributed by atoms with E-state index in [-0.39, 0.29) is 17.6 Å². The number of rotatable bonds is 4. The summed E-state index contributed by atoms with van der Waals surface area (Å²) in [4.78, 5) is 27.2. The van der Waals surface area contributed by atoms with E-state index >= 15 is 0 Å². The Morgan fingerprint density at radius 3 is 2.70 bits per heavy atom. The molecule has 1 aliphatic heterocycles. The van der Waals surface area contributed by atoms with Crippen molar-refractivity contribution in [3.8, 4) is 5.82 Å². The lowest BCUT2D eigenvalue weighted by Gasteiger charge is -2.32. The van der Waals surface area contributed by atoms with E-state index in [0.717, 1.165) is 24.7 Å². The van der Waals surface area contributed by atoms with Crippen LogP contribution in [0, 0.1) is 11.7 Å². The van der Waals surface area contributed by atoms with Crippen molar-refractivity contribution < 1.29 is 9.18 Å². The average Bonchev–Trinajstić information content (AvgIpc) is 3.23. The highest BCUT2D eigenvalue weighted by Gasteiger charge is 2.26. The number of amides is 1. The summed E-state index contributed by atoms with van der Waals surface area (Å²) in [6.07, 6.45) is 8.18. The van der Waals surface area contributed by atoms with Crippen LogP contribution in [0.1, 0.15) is 12.8 Å². The number of imidazole rings is 1. The zero-order valence-corrected chi connectivity index (χ0v) is 14.6. The molecule has 0 unspecified atom stereocenters. The molecule has 0 spiro atoms. The third kappa shape index (κ3) is 3.94. The van der Waals surface area contributed by atoms with Crippen LogP contribution in [0.2, 0.25) is 0 Å². The molecule has 8 heteroatoms. The van der Waals surface area contributed by atoms with Gasteiger partial charge in [0.25, 0.3) is 0 Å². The minimum atomic E-state index is -0.361. The molecule has 3 aromatic rings. The van der Waals surface area contributed by atoms with Crippen LogP contribution in [0.5, 0.6) is 0 Å². The number of benzene rings is 1. The standard InChI is InChI=1S/C19H19FN6O/c20-15-2-1-3-16(10-15)24-19(27)14-4-7-25(8-5-14)17-11-18(23-12-22-17)26-9-6-21-13-26/h1-3,6,9-14H,4-5,7-8H2,(H,24,27). The average molecular weight is 366 g/mol. The van der Waals surface area contributed by atoms with Crippen molar-refractivity contribution >= 4 is 17.4 Å². The highest BCUT2D eigenvalue weighted by molar-refractivity contribution is 5.92. The lowest BCUT2D eigenvalue weighted by Crippen LogP contribution is -2.38. The first kappa shape index (κ1) is 17.1. The van der Waals surface area contributed by atoms with E-state index in [1.807, 2.05) is 16.8 Å². The molecule has 7 nitrogen and oxygen atoms in total. The van der Waals surface area contributed by atoms with Gasteiger partial charge in [-0.25, -0.2) is 19.3 Å². The fourth-order valence-electron chi connectivity index (χ4n) is 3.23. The fourth-order valence-corrected chi connectivity index (χ4v) is 3.23. The predicted molar refractivity (Wildman–Crippen MR) is 99.1 cm³/mol. The normalized spacial score (nSPS) is 14.9. The summed E-state index contributed by atoms with van der Waals surface area (Å²) in [5, 5.41) is 2.80. The molecule has 27 heavy (non-hydrogen) atoms. The van der Waals surface area contributed by atoms with E-state index in [2.05, 4.69) is 25.2 Å². The Hall–Kier alpha value is -3.29. The molecule has 0 saturated carbocycles. The van der Waals surface area contributed by atoms with Gasteiger partial charge in [-0.1, -0.05) is 6.07 Å². The molecular formula is C19H19FN6O. The molecule has 1 N–H and O–H groups in total. The Morgan fingerprint density at radius 2 is 1.96 bits per heavy atom. The van der Waals surface area contributed by atoms with E-state index < -0.39 is 0 Å². The van der Waals surface area contributed by atoms with Gasteiger partial charge in [0.05, 0.1) is 0 Å². The third-order valence-corrected chi connectivity index (χ3v) is 4.69. The quantitative estimate of drug-likeness (QED) is 0.768. The summed E-state index contributed by atoms with van der Waals surface area (Å²) in [6.45, 7) is 1.45. The Balaban J connectivity index is 1.37. The topological polar surface area (TPSA) is 75.9 Å². The van der Waals surface area contributed by atoms with Gasteiger partial charge in [-0.05, 0) is 31.0 Å². The van der Waals surface area contributed by atoms with Crippen molar-refractivity contribution in [2.24, 2.45) is 5.92 Å². The van der Waals surface area contributed by atoms with Crippen molar-refractivity contribution in [3.63, 3.8) is 0 Å². The van der Waals surface area contributed by atoms with Gasteiger partial charge in [0.15, 0.2) is 0 Å². The second-order valence-electron chi connectivity index (χ2n) is 6.47. The molecule has 0 bridgehead atoms. The van der Waals surface area contributed by atoms with Crippen LogP contribution in [-0.4, -0.2) is 38.5 Å². The molecule has 2 aromatic heterocycles. The largest absolute Gasteiger partial charge is 0.356 e. The van der Waals surface area contributed by atoms with Crippen LogP contribution in [0.4, 0.5) is 15.9 Å². The molecule has 1 amide bonds. The number of anilines is 2. The summed E-state index contributed by atoms with van der Waals surface area (Å²) in [5.74, 6) is 1.06. The van der Waals surface area contributed by atoms with Crippen LogP contribution in [-0.2, 0) is 4.79 Å². The minimum absolute atomic E-state index is 0.0676. The molecule has 0 radical (unpaired) electrons. The van der Waals surface area contributed by atoms with Gasteiger partial charge in [0.1, 0.15) is 30.1 Å². The molecule has 1 fully saturated rings. The summed E-state index contributed by atoms with van der Waals surface area (Å²) >= 11 is 0. The maximum Gasteiger partial charge on any atom is 0.227 e. The van der Waals surface area contributed by atoms with Gasteiger partial charge in [0.2, 0.25) is 5.91 Å². The van der Waals surface area contributed by atoms with Crippen molar-refractivity contribution in [2.75, 3.05) is 23.3 Å². The molecule has 3 heterocycles. The Morgan fingerprint density at radius 1 is 1.15 bits per heavy atom.